The number of carbonyl (C=O) groups excluding carboxylic acids is 1. The second kappa shape index (κ2) is 36.8. The zero-order chi connectivity index (χ0) is 46.1. The van der Waals surface area contributed by atoms with E-state index in [0.29, 0.717) is 6.42 Å². The maximum Gasteiger partial charge on any atom is 0.220 e. The number of ether oxygens (including phenoxy) is 4. The lowest BCUT2D eigenvalue weighted by Gasteiger charge is -2.46. The smallest absolute Gasteiger partial charge is 0.220 e. The lowest BCUT2D eigenvalue weighted by Crippen LogP contribution is -2.65. The maximum absolute atomic E-state index is 13.2. The van der Waals surface area contributed by atoms with Crippen molar-refractivity contribution in [3.8, 4) is 0 Å². The Labute approximate surface area is 380 Å². The Morgan fingerprint density at radius 1 is 0.556 bits per heavy atom. The summed E-state index contributed by atoms with van der Waals surface area (Å²) in [6, 6.07) is -0.907. The fourth-order valence-corrected chi connectivity index (χ4v) is 8.53. The second-order valence-electron chi connectivity index (χ2n) is 18.3. The Balaban J connectivity index is 1.85. The van der Waals surface area contributed by atoms with Gasteiger partial charge in [0, 0.05) is 6.42 Å². The topological polar surface area (TPSA) is 228 Å². The number of amides is 1. The summed E-state index contributed by atoms with van der Waals surface area (Å²) in [5.74, 6) is -0.238. The average molecular weight is 904 g/mol. The third-order valence-electron chi connectivity index (χ3n) is 12.7. The quantitative estimate of drug-likeness (QED) is 0.0241. The molecule has 2 aliphatic heterocycles. The molecule has 2 aliphatic rings. The van der Waals surface area contributed by atoms with Crippen molar-refractivity contribution in [2.45, 2.75) is 274 Å². The van der Waals surface area contributed by atoms with Gasteiger partial charge in [0.15, 0.2) is 12.6 Å². The molecule has 2 saturated heterocycles. The molecule has 2 fully saturated rings. The molecule has 63 heavy (non-hydrogen) atoms. The van der Waals surface area contributed by atoms with Crippen molar-refractivity contribution in [1.29, 1.82) is 0 Å². The molecule has 0 aromatic carbocycles. The van der Waals surface area contributed by atoms with Crippen LogP contribution in [-0.4, -0.2) is 140 Å². The fraction of sp³-hybridized carbons (Fsp3) is 0.939. The minimum atomic E-state index is -1.78. The van der Waals surface area contributed by atoms with Gasteiger partial charge in [-0.05, 0) is 19.3 Å². The SMILES string of the molecule is CCCCCCCCCCCCC/C=C/[C@@H](O)[C@H](CO[C@@H]1O[C@H](CO)[C@@H](O[C@@H]2O[C@H](CO)[C@H](O)C(O)C2O)C(O)C1O)NC(=O)CCCCCCCCCCCCCCCCCC. The third-order valence-corrected chi connectivity index (χ3v) is 12.7. The number of hydrogen-bond donors (Lipinski definition) is 9. The highest BCUT2D eigenvalue weighted by atomic mass is 16.7. The van der Waals surface area contributed by atoms with Gasteiger partial charge in [-0.3, -0.25) is 4.79 Å². The molecule has 0 spiro atoms. The third kappa shape index (κ3) is 24.4. The Kier molecular flexibility index (Phi) is 33.8. The monoisotopic (exact) mass is 904 g/mol. The van der Waals surface area contributed by atoms with E-state index in [0.717, 1.165) is 38.5 Å². The zero-order valence-electron chi connectivity index (χ0n) is 39.3. The van der Waals surface area contributed by atoms with E-state index in [9.17, 15) is 45.6 Å². The Bertz CT molecular complexity index is 1120. The van der Waals surface area contributed by atoms with Gasteiger partial charge in [0.1, 0.15) is 48.8 Å². The lowest BCUT2D eigenvalue weighted by atomic mass is 9.97. The van der Waals surface area contributed by atoms with Gasteiger partial charge in [0.05, 0.1) is 32.0 Å². The predicted molar refractivity (Wildman–Crippen MR) is 245 cm³/mol. The summed E-state index contributed by atoms with van der Waals surface area (Å²) in [5, 5.41) is 86.7. The highest BCUT2D eigenvalue weighted by Gasteiger charge is 2.51. The van der Waals surface area contributed by atoms with Gasteiger partial charge < -0.3 is 65.1 Å². The number of unbranched alkanes of at least 4 members (excludes halogenated alkanes) is 26. The molecule has 9 N–H and O–H groups in total. The van der Waals surface area contributed by atoms with Crippen LogP contribution >= 0.6 is 0 Å². The van der Waals surface area contributed by atoms with Crippen LogP contribution in [0.5, 0.6) is 0 Å². The molecule has 0 aromatic heterocycles. The maximum atomic E-state index is 13.2. The summed E-state index contributed by atoms with van der Waals surface area (Å²) >= 11 is 0. The molecule has 12 atom stereocenters. The van der Waals surface area contributed by atoms with Gasteiger partial charge in [-0.25, -0.2) is 0 Å². The standard InChI is InChI=1S/C49H93NO13/c1-3-5-7-9-11-13-15-17-18-19-21-23-25-27-29-31-33-41(54)50-37(38(53)32-30-28-26-24-22-20-16-14-12-10-8-6-4-2)36-60-48-46(59)44(57)47(40(35-52)62-48)63-49-45(58)43(56)42(55)39(34-51)61-49/h30,32,37-40,42-49,51-53,55-59H,3-29,31,33-36H2,1-2H3,(H,50,54)/b32-30+/t37-,38+,39+,40+,42-,43?,44?,45?,46?,47+,48+,49-/m0/s1. The van der Waals surface area contributed by atoms with Gasteiger partial charge in [-0.15, -0.1) is 0 Å². The van der Waals surface area contributed by atoms with Gasteiger partial charge in [-0.2, -0.15) is 0 Å². The number of carbonyl (C=O) groups is 1. The molecule has 372 valence electrons. The summed E-state index contributed by atoms with van der Waals surface area (Å²) in [5.41, 5.74) is 0. The number of hydrogen-bond acceptors (Lipinski definition) is 13. The molecular weight excluding hydrogens is 811 g/mol. The summed E-state index contributed by atoms with van der Waals surface area (Å²) in [6.07, 6.45) is 21.0. The van der Waals surface area contributed by atoms with E-state index in [2.05, 4.69) is 19.2 Å². The van der Waals surface area contributed by atoms with Gasteiger partial charge in [0.2, 0.25) is 5.91 Å². The fourth-order valence-electron chi connectivity index (χ4n) is 8.53. The van der Waals surface area contributed by atoms with Gasteiger partial charge >= 0.3 is 0 Å². The number of nitrogens with one attached hydrogen (secondary N) is 1. The first kappa shape index (κ1) is 57.9. The van der Waals surface area contributed by atoms with Crippen molar-refractivity contribution in [3.63, 3.8) is 0 Å². The normalized spacial score (nSPS) is 27.5. The molecule has 14 nitrogen and oxygen atoms in total. The van der Waals surface area contributed by atoms with Crippen LogP contribution in [0.4, 0.5) is 0 Å². The van der Waals surface area contributed by atoms with Crippen LogP contribution in [0, 0.1) is 0 Å². The molecule has 2 heterocycles. The van der Waals surface area contributed by atoms with E-state index < -0.39 is 86.8 Å². The first-order valence-electron chi connectivity index (χ1n) is 25.4. The van der Waals surface area contributed by atoms with Crippen LogP contribution in [-0.2, 0) is 23.7 Å². The van der Waals surface area contributed by atoms with E-state index >= 15 is 0 Å². The van der Waals surface area contributed by atoms with Crippen LogP contribution in [0.1, 0.15) is 200 Å². The lowest BCUT2D eigenvalue weighted by molar-refractivity contribution is -0.359. The molecular formula is C49H93NO13. The van der Waals surface area contributed by atoms with E-state index in [1.165, 1.54) is 135 Å². The van der Waals surface area contributed by atoms with E-state index in [1.807, 2.05) is 6.08 Å². The van der Waals surface area contributed by atoms with Crippen LogP contribution < -0.4 is 5.32 Å². The van der Waals surface area contributed by atoms with E-state index in [1.54, 1.807) is 6.08 Å². The molecule has 1 amide bonds. The van der Waals surface area contributed by atoms with Crippen LogP contribution in [0.2, 0.25) is 0 Å². The number of rotatable bonds is 39. The molecule has 4 unspecified atom stereocenters. The number of allylic oxidation sites excluding steroid dienone is 1. The first-order chi connectivity index (χ1) is 30.6. The highest BCUT2D eigenvalue weighted by Crippen LogP contribution is 2.30. The highest BCUT2D eigenvalue weighted by molar-refractivity contribution is 5.76. The second-order valence-corrected chi connectivity index (χ2v) is 18.3. The zero-order valence-corrected chi connectivity index (χ0v) is 39.3. The molecule has 0 saturated carbocycles. The Hall–Kier alpha value is -1.27. The van der Waals surface area contributed by atoms with Crippen molar-refractivity contribution in [3.05, 3.63) is 12.2 Å². The number of aliphatic hydroxyl groups excluding tert-OH is 8. The summed E-state index contributed by atoms with van der Waals surface area (Å²) in [7, 11) is 0. The van der Waals surface area contributed by atoms with Crippen molar-refractivity contribution < 1.29 is 64.6 Å². The molecule has 2 rings (SSSR count). The Morgan fingerprint density at radius 3 is 1.46 bits per heavy atom. The van der Waals surface area contributed by atoms with Crippen molar-refractivity contribution in [2.24, 2.45) is 0 Å². The largest absolute Gasteiger partial charge is 0.394 e. The van der Waals surface area contributed by atoms with Crippen molar-refractivity contribution in [1.82, 2.24) is 5.32 Å². The van der Waals surface area contributed by atoms with Crippen LogP contribution in [0.3, 0.4) is 0 Å². The van der Waals surface area contributed by atoms with Gasteiger partial charge in [0.25, 0.3) is 0 Å². The van der Waals surface area contributed by atoms with Crippen LogP contribution in [0.15, 0.2) is 12.2 Å². The van der Waals surface area contributed by atoms with Crippen LogP contribution in [0.25, 0.3) is 0 Å². The Morgan fingerprint density at radius 2 is 0.984 bits per heavy atom. The summed E-state index contributed by atoms with van der Waals surface area (Å²) < 4.78 is 22.7. The number of aliphatic hydroxyl groups is 8. The summed E-state index contributed by atoms with van der Waals surface area (Å²) in [4.78, 5) is 13.2. The first-order valence-corrected chi connectivity index (χ1v) is 25.4. The van der Waals surface area contributed by atoms with E-state index in [-0.39, 0.29) is 18.9 Å². The van der Waals surface area contributed by atoms with Crippen molar-refractivity contribution in [2.75, 3.05) is 19.8 Å². The van der Waals surface area contributed by atoms with Gasteiger partial charge in [-0.1, -0.05) is 187 Å². The van der Waals surface area contributed by atoms with E-state index in [4.69, 9.17) is 18.9 Å². The minimum absolute atomic E-state index is 0.238. The molecule has 0 radical (unpaired) electrons. The molecule has 0 aliphatic carbocycles. The molecule has 0 aromatic rings. The molecule has 0 bridgehead atoms. The van der Waals surface area contributed by atoms with Crippen molar-refractivity contribution >= 4 is 5.91 Å². The summed E-state index contributed by atoms with van der Waals surface area (Å²) in [6.45, 7) is 2.78. The minimum Gasteiger partial charge on any atom is -0.394 e. The predicted octanol–water partition coefficient (Wildman–Crippen LogP) is 6.38. The molecule has 14 heteroatoms. The average Bonchev–Trinajstić information content (AvgIpc) is 3.28.